The standard InChI is InChI=1S/C25H38O2/c1-3-4-5-6-20-7-9-21(10-8-20)22-11-13-23(14-12-22)25(24(26)27)17-15-19(2)16-18-25/h11-14,19-21H,3-10,15-18H2,1-2H3,(H,26,27). The topological polar surface area (TPSA) is 37.3 Å². The van der Waals surface area contributed by atoms with E-state index in [1.165, 1.54) is 56.9 Å². The third-order valence-electron chi connectivity index (χ3n) is 7.53. The molecule has 0 spiro atoms. The van der Waals surface area contributed by atoms with E-state index in [4.69, 9.17) is 0 Å². The molecule has 0 amide bonds. The van der Waals surface area contributed by atoms with E-state index in [-0.39, 0.29) is 0 Å². The summed E-state index contributed by atoms with van der Waals surface area (Å²) in [6, 6.07) is 8.74. The lowest BCUT2D eigenvalue weighted by Gasteiger charge is -2.36. The molecule has 1 N–H and O–H groups in total. The molecule has 2 heteroatoms. The molecule has 0 unspecified atom stereocenters. The van der Waals surface area contributed by atoms with Gasteiger partial charge in [0.25, 0.3) is 0 Å². The molecule has 2 fully saturated rings. The molecule has 3 rings (SSSR count). The number of carbonyl (C=O) groups is 1. The highest BCUT2D eigenvalue weighted by molar-refractivity contribution is 5.81. The Bertz CT molecular complexity index is 587. The fourth-order valence-electron chi connectivity index (χ4n) is 5.42. The van der Waals surface area contributed by atoms with Gasteiger partial charge in [-0.15, -0.1) is 0 Å². The minimum atomic E-state index is -0.651. The van der Waals surface area contributed by atoms with E-state index in [2.05, 4.69) is 38.1 Å². The molecular formula is C25H38O2. The zero-order valence-electron chi connectivity index (χ0n) is 17.4. The number of benzene rings is 1. The largest absolute Gasteiger partial charge is 0.481 e. The van der Waals surface area contributed by atoms with E-state index in [1.54, 1.807) is 0 Å². The van der Waals surface area contributed by atoms with Crippen LogP contribution in [0.3, 0.4) is 0 Å². The lowest BCUT2D eigenvalue weighted by Crippen LogP contribution is -2.39. The monoisotopic (exact) mass is 370 g/mol. The van der Waals surface area contributed by atoms with Crippen molar-refractivity contribution in [3.63, 3.8) is 0 Å². The molecule has 1 aromatic carbocycles. The van der Waals surface area contributed by atoms with E-state index >= 15 is 0 Å². The molecule has 0 saturated heterocycles. The Morgan fingerprint density at radius 2 is 1.63 bits per heavy atom. The normalized spacial score (nSPS) is 31.6. The Kier molecular flexibility index (Phi) is 7.00. The smallest absolute Gasteiger partial charge is 0.314 e. The zero-order valence-corrected chi connectivity index (χ0v) is 17.4. The van der Waals surface area contributed by atoms with Gasteiger partial charge >= 0.3 is 5.97 Å². The SMILES string of the molecule is CCCCCC1CCC(c2ccc(C3(C(=O)O)CCC(C)CC3)cc2)CC1. The van der Waals surface area contributed by atoms with E-state index in [0.29, 0.717) is 11.8 Å². The fourth-order valence-corrected chi connectivity index (χ4v) is 5.42. The highest BCUT2D eigenvalue weighted by atomic mass is 16.4. The Balaban J connectivity index is 1.61. The van der Waals surface area contributed by atoms with Crippen LogP contribution in [0.5, 0.6) is 0 Å². The lowest BCUT2D eigenvalue weighted by molar-refractivity contribution is -0.145. The van der Waals surface area contributed by atoms with Crippen LogP contribution in [0.1, 0.15) is 108 Å². The van der Waals surface area contributed by atoms with Gasteiger partial charge in [0.2, 0.25) is 0 Å². The molecule has 2 nitrogen and oxygen atoms in total. The average Bonchev–Trinajstić information content (AvgIpc) is 2.69. The maximum Gasteiger partial charge on any atom is 0.314 e. The molecule has 0 atom stereocenters. The van der Waals surface area contributed by atoms with Crippen molar-refractivity contribution < 1.29 is 9.90 Å². The number of unbranched alkanes of at least 4 members (excludes halogenated alkanes) is 2. The average molecular weight is 371 g/mol. The first-order valence-corrected chi connectivity index (χ1v) is 11.4. The van der Waals surface area contributed by atoms with Gasteiger partial charge in [0, 0.05) is 0 Å². The molecule has 0 aliphatic heterocycles. The van der Waals surface area contributed by atoms with Crippen LogP contribution in [0.25, 0.3) is 0 Å². The molecule has 0 aromatic heterocycles. The molecule has 2 aliphatic rings. The summed E-state index contributed by atoms with van der Waals surface area (Å²) in [7, 11) is 0. The molecule has 0 radical (unpaired) electrons. The van der Waals surface area contributed by atoms with Crippen molar-refractivity contribution >= 4 is 5.97 Å². The first-order chi connectivity index (χ1) is 13.0. The zero-order chi connectivity index (χ0) is 19.3. The van der Waals surface area contributed by atoms with Crippen LogP contribution in [0.2, 0.25) is 0 Å². The Morgan fingerprint density at radius 1 is 1.00 bits per heavy atom. The van der Waals surface area contributed by atoms with E-state index in [9.17, 15) is 9.90 Å². The van der Waals surface area contributed by atoms with Gasteiger partial charge in [-0.1, -0.05) is 63.8 Å². The van der Waals surface area contributed by atoms with Gasteiger partial charge in [0.05, 0.1) is 5.41 Å². The van der Waals surface area contributed by atoms with Crippen LogP contribution in [-0.4, -0.2) is 11.1 Å². The molecule has 1 aromatic rings. The number of carboxylic acid groups (broad SMARTS) is 1. The maximum absolute atomic E-state index is 12.1. The second-order valence-electron chi connectivity index (χ2n) is 9.41. The number of rotatable bonds is 7. The van der Waals surface area contributed by atoms with Crippen molar-refractivity contribution in [2.24, 2.45) is 11.8 Å². The molecule has 0 bridgehead atoms. The van der Waals surface area contributed by atoms with Gasteiger partial charge in [-0.3, -0.25) is 4.79 Å². The summed E-state index contributed by atoms with van der Waals surface area (Å²) in [6.45, 7) is 4.52. The number of hydrogen-bond acceptors (Lipinski definition) is 1. The first-order valence-electron chi connectivity index (χ1n) is 11.4. The van der Waals surface area contributed by atoms with E-state index in [1.807, 2.05) is 0 Å². The van der Waals surface area contributed by atoms with Crippen LogP contribution >= 0.6 is 0 Å². The van der Waals surface area contributed by atoms with Crippen LogP contribution in [0.15, 0.2) is 24.3 Å². The minimum Gasteiger partial charge on any atom is -0.481 e. The Labute approximate surface area is 165 Å². The van der Waals surface area contributed by atoms with Crippen molar-refractivity contribution in [3.8, 4) is 0 Å². The second-order valence-corrected chi connectivity index (χ2v) is 9.41. The number of hydrogen-bond donors (Lipinski definition) is 1. The lowest BCUT2D eigenvalue weighted by atomic mass is 9.66. The summed E-state index contributed by atoms with van der Waals surface area (Å²) in [5, 5.41) is 9.96. The molecule has 150 valence electrons. The Morgan fingerprint density at radius 3 is 2.19 bits per heavy atom. The van der Waals surface area contributed by atoms with Crippen molar-refractivity contribution in [3.05, 3.63) is 35.4 Å². The highest BCUT2D eigenvalue weighted by Crippen LogP contribution is 2.43. The third kappa shape index (κ3) is 4.76. The number of carboxylic acids is 1. The first kappa shape index (κ1) is 20.4. The maximum atomic E-state index is 12.1. The van der Waals surface area contributed by atoms with Gasteiger partial charge in [-0.2, -0.15) is 0 Å². The van der Waals surface area contributed by atoms with E-state index in [0.717, 1.165) is 37.2 Å². The van der Waals surface area contributed by atoms with Gasteiger partial charge in [-0.05, 0) is 80.2 Å². The summed E-state index contributed by atoms with van der Waals surface area (Å²) in [5.74, 6) is 1.64. The summed E-state index contributed by atoms with van der Waals surface area (Å²) in [5.41, 5.74) is 1.80. The minimum absolute atomic E-state index is 0.630. The second kappa shape index (κ2) is 9.26. The van der Waals surface area contributed by atoms with E-state index < -0.39 is 11.4 Å². The van der Waals surface area contributed by atoms with Crippen molar-refractivity contribution in [2.45, 2.75) is 102 Å². The van der Waals surface area contributed by atoms with Gasteiger partial charge < -0.3 is 5.11 Å². The van der Waals surface area contributed by atoms with Crippen molar-refractivity contribution in [2.75, 3.05) is 0 Å². The van der Waals surface area contributed by atoms with Crippen LogP contribution in [0.4, 0.5) is 0 Å². The molecule has 2 aliphatic carbocycles. The third-order valence-corrected chi connectivity index (χ3v) is 7.53. The predicted octanol–water partition coefficient (Wildman–Crippen LogP) is 7.07. The van der Waals surface area contributed by atoms with Crippen molar-refractivity contribution in [1.29, 1.82) is 0 Å². The van der Waals surface area contributed by atoms with Crippen molar-refractivity contribution in [1.82, 2.24) is 0 Å². The van der Waals surface area contributed by atoms with Crippen LogP contribution in [-0.2, 0) is 10.2 Å². The molecule has 27 heavy (non-hydrogen) atoms. The molecule has 2 saturated carbocycles. The predicted molar refractivity (Wildman–Crippen MR) is 112 cm³/mol. The molecule has 0 heterocycles. The van der Waals surface area contributed by atoms with Gasteiger partial charge in [-0.25, -0.2) is 0 Å². The van der Waals surface area contributed by atoms with Gasteiger partial charge in [0.1, 0.15) is 0 Å². The molecular weight excluding hydrogens is 332 g/mol. The van der Waals surface area contributed by atoms with Crippen LogP contribution < -0.4 is 0 Å². The van der Waals surface area contributed by atoms with Crippen LogP contribution in [0, 0.1) is 11.8 Å². The Hall–Kier alpha value is -1.31. The summed E-state index contributed by atoms with van der Waals surface area (Å²) < 4.78 is 0. The quantitative estimate of drug-likeness (QED) is 0.521. The highest BCUT2D eigenvalue weighted by Gasteiger charge is 2.42. The fraction of sp³-hybridized carbons (Fsp3) is 0.720. The van der Waals surface area contributed by atoms with Gasteiger partial charge in [0.15, 0.2) is 0 Å². The summed E-state index contributed by atoms with van der Waals surface area (Å²) in [4.78, 5) is 12.1. The summed E-state index contributed by atoms with van der Waals surface area (Å²) in [6.07, 6.45) is 14.5. The number of aliphatic carboxylic acids is 1. The summed E-state index contributed by atoms with van der Waals surface area (Å²) >= 11 is 0.